The van der Waals surface area contributed by atoms with Gasteiger partial charge in [-0.15, -0.1) is 0 Å². The van der Waals surface area contributed by atoms with E-state index in [1.165, 1.54) is 11.0 Å². The van der Waals surface area contributed by atoms with Crippen molar-refractivity contribution in [2.45, 2.75) is 44.4 Å². The molecule has 48 heavy (non-hydrogen) atoms. The lowest BCUT2D eigenvalue weighted by Crippen LogP contribution is -2.53. The molecule has 7 rings (SSSR count). The van der Waals surface area contributed by atoms with Crippen molar-refractivity contribution in [2.24, 2.45) is 23.7 Å². The number of carbonyl (C=O) groups is 4. The van der Waals surface area contributed by atoms with Gasteiger partial charge in [-0.3, -0.25) is 29.5 Å². The number of amides is 4. The highest BCUT2D eigenvalue weighted by molar-refractivity contribution is 6.36. The number of hydrogen-bond acceptors (Lipinski definition) is 7. The SMILES string of the molecule is CCCN1C(=O)[C@H]2[C@H](CC=C3[C@H]2C[C@H]2C(=O)N(Nc4ccc(Cl)cc4Cl)C(=O)[C@@]2(c2ccc(OC)cc2)[C@H]3c2cccc(C)c2O)C1=O. The first kappa shape index (κ1) is 32.2. The number of nitrogens with zero attached hydrogens (tertiary/aromatic N) is 2. The highest BCUT2D eigenvalue weighted by Gasteiger charge is 2.70. The smallest absolute Gasteiger partial charge is 0.260 e. The van der Waals surface area contributed by atoms with E-state index in [9.17, 15) is 19.5 Å². The summed E-state index contributed by atoms with van der Waals surface area (Å²) in [5, 5.41) is 13.3. The maximum absolute atomic E-state index is 15.2. The van der Waals surface area contributed by atoms with Crippen LogP contribution in [0.15, 0.2) is 72.3 Å². The molecule has 0 spiro atoms. The first-order valence-electron chi connectivity index (χ1n) is 16.1. The van der Waals surface area contributed by atoms with E-state index >= 15 is 4.79 Å². The second-order valence-electron chi connectivity index (χ2n) is 13.1. The lowest BCUT2D eigenvalue weighted by Gasteiger charge is -2.50. The number of fused-ring (bicyclic) bond motifs is 4. The first-order valence-corrected chi connectivity index (χ1v) is 16.9. The van der Waals surface area contributed by atoms with Crippen LogP contribution in [-0.4, -0.2) is 52.3 Å². The molecule has 2 saturated heterocycles. The standard InChI is InChI=1S/C37H35Cl2N3O6/c1-4-16-41-33(44)24-14-13-23-26(30(24)35(41)46)18-27-34(45)42(40-29-15-10-21(38)17-28(29)39)36(47)37(27,20-8-11-22(48-3)12-9-20)31(23)25-7-5-6-19(2)32(25)43/h5-13,15,17,24,26-27,30-31,40,43H,4,14,16,18H2,1-3H3/t24-,26+,27-,30-,31+,37+/m0/s1. The minimum atomic E-state index is -1.54. The summed E-state index contributed by atoms with van der Waals surface area (Å²) >= 11 is 12.7. The molecule has 3 fully saturated rings. The molecule has 6 atom stereocenters. The maximum Gasteiger partial charge on any atom is 0.260 e. The van der Waals surface area contributed by atoms with E-state index in [0.29, 0.717) is 52.5 Å². The summed E-state index contributed by atoms with van der Waals surface area (Å²) in [4.78, 5) is 58.9. The summed E-state index contributed by atoms with van der Waals surface area (Å²) in [5.74, 6) is -4.44. The summed E-state index contributed by atoms with van der Waals surface area (Å²) in [6.45, 7) is 4.02. The summed E-state index contributed by atoms with van der Waals surface area (Å²) in [6.07, 6.45) is 3.08. The number of rotatable bonds is 7. The zero-order chi connectivity index (χ0) is 34.1. The first-order chi connectivity index (χ1) is 23.0. The number of phenols is 1. The minimum absolute atomic E-state index is 0.00616. The number of aromatic hydroxyl groups is 1. The number of ether oxygens (including phenoxy) is 1. The molecular weight excluding hydrogens is 653 g/mol. The van der Waals surface area contributed by atoms with E-state index in [-0.39, 0.29) is 29.0 Å². The van der Waals surface area contributed by atoms with Crippen molar-refractivity contribution >= 4 is 52.5 Å². The number of allylic oxidation sites excluding steroid dienone is 2. The van der Waals surface area contributed by atoms with Gasteiger partial charge < -0.3 is 9.84 Å². The number of aryl methyl sites for hydroxylation is 1. The lowest BCUT2D eigenvalue weighted by molar-refractivity contribution is -0.141. The Morgan fingerprint density at radius 1 is 0.979 bits per heavy atom. The minimum Gasteiger partial charge on any atom is -0.507 e. The van der Waals surface area contributed by atoms with E-state index in [0.717, 1.165) is 10.6 Å². The fourth-order valence-electron chi connectivity index (χ4n) is 8.61. The third-order valence-electron chi connectivity index (χ3n) is 10.7. The number of methoxy groups -OCH3 is 1. The Morgan fingerprint density at radius 3 is 2.42 bits per heavy atom. The second kappa shape index (κ2) is 12.0. The van der Waals surface area contributed by atoms with Gasteiger partial charge in [-0.05, 0) is 73.6 Å². The molecule has 2 heterocycles. The number of para-hydroxylation sites is 1. The van der Waals surface area contributed by atoms with Gasteiger partial charge in [-0.1, -0.05) is 72.1 Å². The monoisotopic (exact) mass is 687 g/mol. The Bertz CT molecular complexity index is 1890. The number of likely N-dealkylation sites (tertiary alicyclic amines) is 1. The van der Waals surface area contributed by atoms with E-state index in [4.69, 9.17) is 27.9 Å². The fourth-order valence-corrected chi connectivity index (χ4v) is 9.06. The van der Waals surface area contributed by atoms with Gasteiger partial charge in [0.05, 0.1) is 41.0 Å². The molecular formula is C37H35Cl2N3O6. The van der Waals surface area contributed by atoms with Crippen molar-refractivity contribution in [3.8, 4) is 11.5 Å². The molecule has 2 N–H and O–H groups in total. The Hall–Kier alpha value is -4.34. The van der Waals surface area contributed by atoms with Gasteiger partial charge >= 0.3 is 0 Å². The fraction of sp³-hybridized carbons (Fsp3) is 0.351. The molecule has 4 amide bonds. The van der Waals surface area contributed by atoms with Crippen LogP contribution >= 0.6 is 23.2 Å². The van der Waals surface area contributed by atoms with Crippen molar-refractivity contribution in [3.63, 3.8) is 0 Å². The van der Waals surface area contributed by atoms with Crippen LogP contribution in [0.2, 0.25) is 10.0 Å². The quantitative estimate of drug-likeness (QED) is 0.218. The van der Waals surface area contributed by atoms with Crippen LogP contribution in [-0.2, 0) is 24.6 Å². The van der Waals surface area contributed by atoms with Gasteiger partial charge in [-0.25, -0.2) is 0 Å². The van der Waals surface area contributed by atoms with Crippen molar-refractivity contribution < 1.29 is 29.0 Å². The Balaban J connectivity index is 1.47. The molecule has 2 aliphatic heterocycles. The summed E-state index contributed by atoms with van der Waals surface area (Å²) in [5.41, 5.74) is 4.17. The average molecular weight is 689 g/mol. The van der Waals surface area contributed by atoms with Crippen LogP contribution in [0.5, 0.6) is 11.5 Å². The maximum atomic E-state index is 15.2. The van der Waals surface area contributed by atoms with E-state index < -0.39 is 46.8 Å². The predicted octanol–water partition coefficient (Wildman–Crippen LogP) is 6.41. The third kappa shape index (κ3) is 4.58. The highest BCUT2D eigenvalue weighted by atomic mass is 35.5. The normalized spacial score (nSPS) is 27.9. The zero-order valence-electron chi connectivity index (χ0n) is 26.7. The zero-order valence-corrected chi connectivity index (χ0v) is 28.2. The van der Waals surface area contributed by atoms with Gasteiger partial charge in [0.2, 0.25) is 11.8 Å². The van der Waals surface area contributed by atoms with Crippen LogP contribution in [0, 0.1) is 30.6 Å². The van der Waals surface area contributed by atoms with Crippen molar-refractivity contribution in [1.82, 2.24) is 9.91 Å². The Labute approximate surface area is 288 Å². The number of hydrogen-bond donors (Lipinski definition) is 2. The van der Waals surface area contributed by atoms with Gasteiger partial charge in [0.25, 0.3) is 11.8 Å². The highest BCUT2D eigenvalue weighted by Crippen LogP contribution is 2.65. The number of imide groups is 2. The average Bonchev–Trinajstić information content (AvgIpc) is 3.44. The summed E-state index contributed by atoms with van der Waals surface area (Å²) < 4.78 is 5.44. The van der Waals surface area contributed by atoms with E-state index in [1.807, 2.05) is 19.1 Å². The van der Waals surface area contributed by atoms with Gasteiger partial charge in [-0.2, -0.15) is 5.01 Å². The lowest BCUT2D eigenvalue weighted by atomic mass is 9.49. The van der Waals surface area contributed by atoms with E-state index in [1.54, 1.807) is 62.6 Å². The number of nitrogens with one attached hydrogen (secondary N) is 1. The molecule has 248 valence electrons. The summed E-state index contributed by atoms with van der Waals surface area (Å²) in [6, 6.07) is 17.1. The van der Waals surface area contributed by atoms with Crippen LogP contribution in [0.1, 0.15) is 48.8 Å². The van der Waals surface area contributed by atoms with Gasteiger partial charge in [0.15, 0.2) is 0 Å². The molecule has 2 aliphatic carbocycles. The molecule has 1 saturated carbocycles. The van der Waals surface area contributed by atoms with Crippen LogP contribution in [0.25, 0.3) is 0 Å². The number of benzene rings is 3. The molecule has 0 bridgehead atoms. The summed E-state index contributed by atoms with van der Waals surface area (Å²) in [7, 11) is 1.55. The van der Waals surface area contributed by atoms with Gasteiger partial charge in [0.1, 0.15) is 11.5 Å². The topological polar surface area (TPSA) is 116 Å². The number of anilines is 1. The number of hydrazine groups is 1. The van der Waals surface area contributed by atoms with Crippen LogP contribution in [0.4, 0.5) is 5.69 Å². The molecule has 9 nitrogen and oxygen atoms in total. The molecule has 3 aromatic rings. The molecule has 0 aromatic heterocycles. The molecule has 11 heteroatoms. The third-order valence-corrected chi connectivity index (χ3v) is 11.2. The Morgan fingerprint density at radius 2 is 1.73 bits per heavy atom. The number of phenolic OH excluding ortho intramolecular Hbond substituents is 1. The predicted molar refractivity (Wildman–Crippen MR) is 180 cm³/mol. The number of halogens is 2. The number of carbonyl (C=O) groups excluding carboxylic acids is 4. The second-order valence-corrected chi connectivity index (χ2v) is 13.9. The van der Waals surface area contributed by atoms with Crippen LogP contribution < -0.4 is 10.2 Å². The van der Waals surface area contributed by atoms with Gasteiger partial charge in [0, 0.05) is 23.0 Å². The van der Waals surface area contributed by atoms with E-state index in [2.05, 4.69) is 5.43 Å². The van der Waals surface area contributed by atoms with Crippen LogP contribution in [0.3, 0.4) is 0 Å². The van der Waals surface area contributed by atoms with Crippen molar-refractivity contribution in [1.29, 1.82) is 0 Å². The van der Waals surface area contributed by atoms with Crippen molar-refractivity contribution in [3.05, 3.63) is 99.0 Å². The molecule has 3 aromatic carbocycles. The largest absolute Gasteiger partial charge is 0.507 e. The molecule has 4 aliphatic rings. The van der Waals surface area contributed by atoms with Crippen molar-refractivity contribution in [2.75, 3.05) is 19.1 Å². The Kier molecular flexibility index (Phi) is 8.03. The molecule has 0 radical (unpaired) electrons. The molecule has 0 unspecified atom stereocenters.